The van der Waals surface area contributed by atoms with Crippen LogP contribution < -0.4 is 11.1 Å². The van der Waals surface area contributed by atoms with Crippen LogP contribution in [0.1, 0.15) is 23.1 Å². The van der Waals surface area contributed by atoms with Crippen molar-refractivity contribution in [1.29, 1.82) is 0 Å². The number of nitrogens with one attached hydrogen (secondary N) is 1. The predicted octanol–water partition coefficient (Wildman–Crippen LogP) is 1.10. The first-order valence-corrected chi connectivity index (χ1v) is 6.70. The van der Waals surface area contributed by atoms with Gasteiger partial charge in [-0.05, 0) is 19.1 Å². The Morgan fingerprint density at radius 2 is 2.39 bits per heavy atom. The van der Waals surface area contributed by atoms with Crippen LogP contribution in [0.15, 0.2) is 12.1 Å². The van der Waals surface area contributed by atoms with Crippen LogP contribution in [0.2, 0.25) is 0 Å². The summed E-state index contributed by atoms with van der Waals surface area (Å²) < 4.78 is 5.12. The van der Waals surface area contributed by atoms with Crippen LogP contribution in [0.5, 0.6) is 0 Å². The van der Waals surface area contributed by atoms with Crippen molar-refractivity contribution in [3.63, 3.8) is 0 Å². The van der Waals surface area contributed by atoms with Crippen LogP contribution in [0, 0.1) is 11.8 Å². The van der Waals surface area contributed by atoms with Crippen molar-refractivity contribution in [1.82, 2.24) is 5.32 Å². The van der Waals surface area contributed by atoms with E-state index in [0.29, 0.717) is 32.7 Å². The quantitative estimate of drug-likeness (QED) is 0.598. The van der Waals surface area contributed by atoms with Crippen molar-refractivity contribution in [2.24, 2.45) is 5.73 Å². The molecule has 0 atom stereocenters. The number of amides is 1. The molecule has 18 heavy (non-hydrogen) atoms. The van der Waals surface area contributed by atoms with Crippen molar-refractivity contribution in [3.8, 4) is 11.8 Å². The number of carbonyl (C=O) groups excluding carboxylic acids is 1. The van der Waals surface area contributed by atoms with Gasteiger partial charge in [0, 0.05) is 17.9 Å². The Bertz CT molecular complexity index is 432. The van der Waals surface area contributed by atoms with E-state index >= 15 is 0 Å². The summed E-state index contributed by atoms with van der Waals surface area (Å²) in [5.41, 5.74) is 5.30. The van der Waals surface area contributed by atoms with Crippen LogP contribution in [-0.2, 0) is 16.1 Å². The lowest BCUT2D eigenvalue weighted by Crippen LogP contribution is -2.23. The summed E-state index contributed by atoms with van der Waals surface area (Å²) in [4.78, 5) is 13.5. The van der Waals surface area contributed by atoms with E-state index in [4.69, 9.17) is 10.5 Å². The average molecular weight is 266 g/mol. The molecule has 1 aromatic rings. The summed E-state index contributed by atoms with van der Waals surface area (Å²) in [6.07, 6.45) is 0.402. The van der Waals surface area contributed by atoms with Crippen LogP contribution in [-0.4, -0.2) is 25.7 Å². The van der Waals surface area contributed by atoms with Crippen LogP contribution in [0.4, 0.5) is 0 Å². The van der Waals surface area contributed by atoms with E-state index in [2.05, 4.69) is 17.2 Å². The lowest BCUT2D eigenvalue weighted by molar-refractivity contribution is -0.122. The van der Waals surface area contributed by atoms with Gasteiger partial charge >= 0.3 is 0 Å². The molecule has 4 nitrogen and oxygen atoms in total. The number of thiophene rings is 1. The molecule has 0 bridgehead atoms. The minimum Gasteiger partial charge on any atom is -0.381 e. The Morgan fingerprint density at radius 3 is 3.11 bits per heavy atom. The monoisotopic (exact) mass is 266 g/mol. The van der Waals surface area contributed by atoms with E-state index in [1.807, 2.05) is 19.1 Å². The molecular formula is C13H18N2O2S. The van der Waals surface area contributed by atoms with E-state index in [0.717, 1.165) is 9.75 Å². The molecule has 0 spiro atoms. The number of hydrogen-bond acceptors (Lipinski definition) is 4. The van der Waals surface area contributed by atoms with Gasteiger partial charge in [-0.2, -0.15) is 0 Å². The molecule has 0 saturated carbocycles. The normalized spacial score (nSPS) is 9.67. The van der Waals surface area contributed by atoms with Gasteiger partial charge in [-0.15, -0.1) is 11.3 Å². The maximum Gasteiger partial charge on any atom is 0.222 e. The number of ether oxygens (including phenoxy) is 1. The van der Waals surface area contributed by atoms with Gasteiger partial charge in [0.25, 0.3) is 0 Å². The highest BCUT2D eigenvalue weighted by Gasteiger charge is 2.02. The second-order valence-electron chi connectivity index (χ2n) is 3.50. The summed E-state index contributed by atoms with van der Waals surface area (Å²) in [6.45, 7) is 3.93. The van der Waals surface area contributed by atoms with Crippen LogP contribution in [0.25, 0.3) is 0 Å². The van der Waals surface area contributed by atoms with E-state index in [9.17, 15) is 4.79 Å². The van der Waals surface area contributed by atoms with Crippen LogP contribution >= 0.6 is 11.3 Å². The Balaban J connectivity index is 2.30. The lowest BCUT2D eigenvalue weighted by atomic mass is 10.4. The summed E-state index contributed by atoms with van der Waals surface area (Å²) in [7, 11) is 0. The van der Waals surface area contributed by atoms with Crippen molar-refractivity contribution < 1.29 is 9.53 Å². The Hall–Kier alpha value is -1.35. The van der Waals surface area contributed by atoms with Gasteiger partial charge in [-0.25, -0.2) is 0 Å². The molecule has 1 heterocycles. The maximum absolute atomic E-state index is 11.4. The predicted molar refractivity (Wildman–Crippen MR) is 73.2 cm³/mol. The fraction of sp³-hybridized carbons (Fsp3) is 0.462. The molecule has 0 radical (unpaired) electrons. The molecule has 5 heteroatoms. The topological polar surface area (TPSA) is 64.3 Å². The molecule has 3 N–H and O–H groups in total. The standard InChI is InChI=1S/C13H18N2O2S/c1-2-17-9-7-13(16)15-10-12-6-5-11(18-12)4-3-8-14/h5-6H,2,7-10,14H2,1H3,(H,15,16). The third-order valence-corrected chi connectivity index (χ3v) is 3.11. The number of rotatable bonds is 6. The first-order chi connectivity index (χ1) is 8.76. The molecule has 0 aromatic carbocycles. The molecule has 0 aliphatic carbocycles. The fourth-order valence-electron chi connectivity index (χ4n) is 1.26. The SMILES string of the molecule is CCOCCC(=O)NCc1ccc(C#CCN)s1. The van der Waals surface area contributed by atoms with E-state index in [1.165, 1.54) is 0 Å². The molecule has 0 unspecified atom stereocenters. The highest BCUT2D eigenvalue weighted by molar-refractivity contribution is 7.12. The third kappa shape index (κ3) is 5.82. The summed E-state index contributed by atoms with van der Waals surface area (Å²) in [6, 6.07) is 3.91. The van der Waals surface area contributed by atoms with Crippen molar-refractivity contribution in [3.05, 3.63) is 21.9 Å². The van der Waals surface area contributed by atoms with Gasteiger partial charge in [0.15, 0.2) is 0 Å². The Morgan fingerprint density at radius 1 is 1.56 bits per heavy atom. The zero-order chi connectivity index (χ0) is 13.2. The number of hydrogen-bond donors (Lipinski definition) is 2. The van der Waals surface area contributed by atoms with Crippen molar-refractivity contribution in [2.45, 2.75) is 19.9 Å². The van der Waals surface area contributed by atoms with Gasteiger partial charge < -0.3 is 15.8 Å². The largest absolute Gasteiger partial charge is 0.381 e. The molecule has 0 fully saturated rings. The number of carbonyl (C=O) groups is 1. The second kappa shape index (κ2) is 8.70. The molecule has 1 aromatic heterocycles. The van der Waals surface area contributed by atoms with Gasteiger partial charge in [0.1, 0.15) is 0 Å². The third-order valence-electron chi connectivity index (χ3n) is 2.11. The number of nitrogens with two attached hydrogens (primary N) is 1. The summed E-state index contributed by atoms with van der Waals surface area (Å²) in [5, 5.41) is 2.85. The highest BCUT2D eigenvalue weighted by Crippen LogP contribution is 2.14. The second-order valence-corrected chi connectivity index (χ2v) is 4.66. The molecule has 1 rings (SSSR count). The minimum atomic E-state index is 0.00597. The van der Waals surface area contributed by atoms with E-state index < -0.39 is 0 Å². The van der Waals surface area contributed by atoms with E-state index in [-0.39, 0.29) is 5.91 Å². The first-order valence-electron chi connectivity index (χ1n) is 5.88. The highest BCUT2D eigenvalue weighted by atomic mass is 32.1. The molecule has 1 amide bonds. The van der Waals surface area contributed by atoms with Crippen molar-refractivity contribution >= 4 is 17.2 Å². The summed E-state index contributed by atoms with van der Waals surface area (Å²) in [5.74, 6) is 5.77. The van der Waals surface area contributed by atoms with E-state index in [1.54, 1.807) is 11.3 Å². The molecule has 0 saturated heterocycles. The minimum absolute atomic E-state index is 0.00597. The van der Waals surface area contributed by atoms with Gasteiger partial charge in [0.2, 0.25) is 5.91 Å². The Kier molecular flexibility index (Phi) is 7.11. The fourth-order valence-corrected chi connectivity index (χ4v) is 2.08. The maximum atomic E-state index is 11.4. The smallest absolute Gasteiger partial charge is 0.222 e. The zero-order valence-electron chi connectivity index (χ0n) is 10.5. The first kappa shape index (κ1) is 14.7. The van der Waals surface area contributed by atoms with Crippen molar-refractivity contribution in [2.75, 3.05) is 19.8 Å². The van der Waals surface area contributed by atoms with Gasteiger partial charge in [-0.3, -0.25) is 4.79 Å². The van der Waals surface area contributed by atoms with Crippen LogP contribution in [0.3, 0.4) is 0 Å². The summed E-state index contributed by atoms with van der Waals surface area (Å²) >= 11 is 1.57. The van der Waals surface area contributed by atoms with Gasteiger partial charge in [-0.1, -0.05) is 11.8 Å². The Labute approximate surface area is 112 Å². The molecule has 0 aliphatic rings. The zero-order valence-corrected chi connectivity index (χ0v) is 11.3. The molecule has 0 aliphatic heterocycles. The lowest BCUT2D eigenvalue weighted by Gasteiger charge is -2.03. The molecule has 98 valence electrons. The molecular weight excluding hydrogens is 248 g/mol. The average Bonchev–Trinajstić information content (AvgIpc) is 2.82. The van der Waals surface area contributed by atoms with Gasteiger partial charge in [0.05, 0.1) is 24.6 Å².